The second-order valence-corrected chi connectivity index (χ2v) is 5.53. The Bertz CT molecular complexity index is 435. The highest BCUT2D eigenvalue weighted by Crippen LogP contribution is 2.46. The van der Waals surface area contributed by atoms with Gasteiger partial charge in [-0.25, -0.2) is 0 Å². The Kier molecular flexibility index (Phi) is 4.07. The van der Waals surface area contributed by atoms with E-state index in [1.165, 1.54) is 0 Å². The van der Waals surface area contributed by atoms with Crippen molar-refractivity contribution < 1.29 is 4.74 Å². The summed E-state index contributed by atoms with van der Waals surface area (Å²) in [4.78, 5) is 12.9. The fourth-order valence-corrected chi connectivity index (χ4v) is 1.79. The van der Waals surface area contributed by atoms with Gasteiger partial charge in [-0.05, 0) is 25.2 Å². The number of ether oxygens (including phenoxy) is 1. The zero-order valence-corrected chi connectivity index (χ0v) is 12.2. The van der Waals surface area contributed by atoms with Crippen molar-refractivity contribution in [2.45, 2.75) is 46.6 Å². The first-order chi connectivity index (χ1) is 9.05. The molecule has 0 saturated heterocycles. The average Bonchev–Trinajstić information content (AvgIpc) is 2.94. The Labute approximate surface area is 114 Å². The van der Waals surface area contributed by atoms with Gasteiger partial charge < -0.3 is 15.4 Å². The molecule has 0 amide bonds. The fraction of sp³-hybridized carbons (Fsp3) is 0.769. The summed E-state index contributed by atoms with van der Waals surface area (Å²) in [5.41, 5.74) is 0.329. The van der Waals surface area contributed by atoms with E-state index in [9.17, 15) is 0 Å². The van der Waals surface area contributed by atoms with Gasteiger partial charge in [0.1, 0.15) is 0 Å². The van der Waals surface area contributed by atoms with Crippen LogP contribution in [0.3, 0.4) is 0 Å². The Morgan fingerprint density at radius 1 is 1.21 bits per heavy atom. The maximum atomic E-state index is 5.49. The minimum Gasteiger partial charge on any atom is -0.463 e. The minimum atomic E-state index is 0.329. The molecule has 1 aromatic heterocycles. The molecule has 19 heavy (non-hydrogen) atoms. The standard InChI is InChI=1S/C13H23N5O/c1-5-7-19-12-17-10(14-6-2)16-11(18-12)15-9-8-13(9,3)4/h9H,5-8H2,1-4H3,(H2,14,15,16,17,18). The van der Waals surface area contributed by atoms with Crippen molar-refractivity contribution in [2.24, 2.45) is 5.41 Å². The molecule has 1 unspecified atom stereocenters. The number of rotatable bonds is 7. The van der Waals surface area contributed by atoms with Gasteiger partial charge >= 0.3 is 6.01 Å². The van der Waals surface area contributed by atoms with Crippen LogP contribution < -0.4 is 15.4 Å². The second-order valence-electron chi connectivity index (χ2n) is 5.53. The van der Waals surface area contributed by atoms with Gasteiger partial charge in [-0.2, -0.15) is 15.0 Å². The van der Waals surface area contributed by atoms with Crippen LogP contribution in [0.1, 0.15) is 40.5 Å². The third-order valence-corrected chi connectivity index (χ3v) is 3.20. The Hall–Kier alpha value is -1.59. The van der Waals surface area contributed by atoms with Crippen LogP contribution in [0.4, 0.5) is 11.9 Å². The molecular formula is C13H23N5O. The van der Waals surface area contributed by atoms with E-state index in [-0.39, 0.29) is 0 Å². The van der Waals surface area contributed by atoms with E-state index in [4.69, 9.17) is 4.74 Å². The highest BCUT2D eigenvalue weighted by Gasteiger charge is 2.46. The van der Waals surface area contributed by atoms with Crippen molar-refractivity contribution in [2.75, 3.05) is 23.8 Å². The lowest BCUT2D eigenvalue weighted by molar-refractivity contribution is 0.292. The number of nitrogens with one attached hydrogen (secondary N) is 2. The molecule has 1 aromatic rings. The smallest absolute Gasteiger partial charge is 0.323 e. The highest BCUT2D eigenvalue weighted by molar-refractivity contribution is 5.38. The van der Waals surface area contributed by atoms with Gasteiger partial charge in [0.2, 0.25) is 11.9 Å². The third kappa shape index (κ3) is 3.68. The molecule has 0 bridgehead atoms. The highest BCUT2D eigenvalue weighted by atomic mass is 16.5. The van der Waals surface area contributed by atoms with Crippen LogP contribution in [0.2, 0.25) is 0 Å². The topological polar surface area (TPSA) is 72.0 Å². The molecule has 6 nitrogen and oxygen atoms in total. The van der Waals surface area contributed by atoms with E-state index in [0.29, 0.717) is 36.0 Å². The van der Waals surface area contributed by atoms with Gasteiger partial charge in [-0.3, -0.25) is 0 Å². The first-order valence-electron chi connectivity index (χ1n) is 6.94. The molecule has 1 heterocycles. The summed E-state index contributed by atoms with van der Waals surface area (Å²) in [6.45, 7) is 9.90. The van der Waals surface area contributed by atoms with Gasteiger partial charge in [0.25, 0.3) is 0 Å². The number of hydrogen-bond donors (Lipinski definition) is 2. The molecule has 1 aliphatic carbocycles. The van der Waals surface area contributed by atoms with Crippen molar-refractivity contribution in [3.63, 3.8) is 0 Å². The molecule has 2 rings (SSSR count). The monoisotopic (exact) mass is 265 g/mol. The molecule has 0 aliphatic heterocycles. The van der Waals surface area contributed by atoms with Gasteiger partial charge in [0.15, 0.2) is 0 Å². The maximum absolute atomic E-state index is 5.49. The maximum Gasteiger partial charge on any atom is 0.323 e. The lowest BCUT2D eigenvalue weighted by atomic mass is 10.2. The predicted molar refractivity (Wildman–Crippen MR) is 75.6 cm³/mol. The molecule has 1 fully saturated rings. The van der Waals surface area contributed by atoms with Crippen molar-refractivity contribution in [3.05, 3.63) is 0 Å². The van der Waals surface area contributed by atoms with Crippen molar-refractivity contribution in [1.29, 1.82) is 0 Å². The summed E-state index contributed by atoms with van der Waals surface area (Å²) >= 11 is 0. The summed E-state index contributed by atoms with van der Waals surface area (Å²) in [5.74, 6) is 1.15. The van der Waals surface area contributed by atoms with Crippen LogP contribution in [0.25, 0.3) is 0 Å². The molecule has 1 atom stereocenters. The third-order valence-electron chi connectivity index (χ3n) is 3.20. The predicted octanol–water partition coefficient (Wildman–Crippen LogP) is 2.30. The first-order valence-corrected chi connectivity index (χ1v) is 6.94. The molecule has 0 spiro atoms. The molecule has 0 aromatic carbocycles. The largest absolute Gasteiger partial charge is 0.463 e. The lowest BCUT2D eigenvalue weighted by Gasteiger charge is -2.10. The Morgan fingerprint density at radius 3 is 2.47 bits per heavy atom. The van der Waals surface area contributed by atoms with Gasteiger partial charge in [-0.15, -0.1) is 0 Å². The summed E-state index contributed by atoms with van der Waals surface area (Å²) in [6.07, 6.45) is 2.07. The van der Waals surface area contributed by atoms with E-state index >= 15 is 0 Å². The van der Waals surface area contributed by atoms with Crippen LogP contribution in [-0.2, 0) is 0 Å². The van der Waals surface area contributed by atoms with Gasteiger partial charge in [0, 0.05) is 12.6 Å². The van der Waals surface area contributed by atoms with Crippen molar-refractivity contribution in [3.8, 4) is 6.01 Å². The molecular weight excluding hydrogens is 242 g/mol. The molecule has 6 heteroatoms. The summed E-state index contributed by atoms with van der Waals surface area (Å²) in [7, 11) is 0. The molecule has 0 radical (unpaired) electrons. The van der Waals surface area contributed by atoms with Crippen LogP contribution in [0.5, 0.6) is 6.01 Å². The zero-order valence-electron chi connectivity index (χ0n) is 12.2. The number of aromatic nitrogens is 3. The summed E-state index contributed by atoms with van der Waals surface area (Å²) in [5, 5.41) is 6.44. The Balaban J connectivity index is 2.09. The number of hydrogen-bond acceptors (Lipinski definition) is 6. The summed E-state index contributed by atoms with van der Waals surface area (Å²) in [6, 6.07) is 0.817. The lowest BCUT2D eigenvalue weighted by Crippen LogP contribution is -2.14. The summed E-state index contributed by atoms with van der Waals surface area (Å²) < 4.78 is 5.49. The quantitative estimate of drug-likeness (QED) is 0.788. The Morgan fingerprint density at radius 2 is 1.89 bits per heavy atom. The average molecular weight is 265 g/mol. The SMILES string of the molecule is CCCOc1nc(NCC)nc(NC2CC2(C)C)n1. The van der Waals surface area contributed by atoms with Crippen LogP contribution in [-0.4, -0.2) is 34.1 Å². The number of nitrogens with zero attached hydrogens (tertiary/aromatic N) is 3. The van der Waals surface area contributed by atoms with Crippen LogP contribution in [0, 0.1) is 5.41 Å². The van der Waals surface area contributed by atoms with Gasteiger partial charge in [0.05, 0.1) is 6.61 Å². The normalized spacial score (nSPS) is 19.9. The first kappa shape index (κ1) is 13.8. The van der Waals surface area contributed by atoms with Crippen LogP contribution >= 0.6 is 0 Å². The molecule has 1 saturated carbocycles. The van der Waals surface area contributed by atoms with E-state index in [1.54, 1.807) is 0 Å². The second kappa shape index (κ2) is 5.59. The van der Waals surface area contributed by atoms with E-state index in [2.05, 4.69) is 46.4 Å². The van der Waals surface area contributed by atoms with E-state index < -0.39 is 0 Å². The molecule has 2 N–H and O–H groups in total. The zero-order chi connectivity index (χ0) is 13.9. The number of anilines is 2. The fourth-order valence-electron chi connectivity index (χ4n) is 1.79. The van der Waals surface area contributed by atoms with Crippen molar-refractivity contribution in [1.82, 2.24) is 15.0 Å². The minimum absolute atomic E-state index is 0.329. The molecule has 106 valence electrons. The van der Waals surface area contributed by atoms with E-state index in [0.717, 1.165) is 19.4 Å². The molecule has 1 aliphatic rings. The van der Waals surface area contributed by atoms with Crippen LogP contribution in [0.15, 0.2) is 0 Å². The van der Waals surface area contributed by atoms with Crippen molar-refractivity contribution >= 4 is 11.9 Å². The van der Waals surface area contributed by atoms with Gasteiger partial charge in [-0.1, -0.05) is 20.8 Å². The van der Waals surface area contributed by atoms with E-state index in [1.807, 2.05) is 6.92 Å².